The lowest BCUT2D eigenvalue weighted by molar-refractivity contribution is -0.151. The Morgan fingerprint density at radius 2 is 2.27 bits per heavy atom. The molecule has 4 nitrogen and oxygen atoms in total. The number of ketones is 1. The highest BCUT2D eigenvalue weighted by atomic mass is 16.5. The lowest BCUT2D eigenvalue weighted by atomic mass is 9.80. The minimum Gasteiger partial charge on any atom is -0.465 e. The highest BCUT2D eigenvalue weighted by molar-refractivity contribution is 6.03. The van der Waals surface area contributed by atoms with Crippen LogP contribution in [-0.2, 0) is 19.1 Å². The zero-order valence-electron chi connectivity index (χ0n) is 9.38. The van der Waals surface area contributed by atoms with Gasteiger partial charge in [-0.15, -0.1) is 0 Å². The lowest BCUT2D eigenvalue weighted by Gasteiger charge is -2.20. The van der Waals surface area contributed by atoms with E-state index >= 15 is 0 Å². The maximum absolute atomic E-state index is 11.5. The fourth-order valence-electron chi connectivity index (χ4n) is 1.77. The molecule has 86 valence electrons. The van der Waals surface area contributed by atoms with Crippen molar-refractivity contribution in [2.75, 3.05) is 19.8 Å². The predicted molar refractivity (Wildman–Crippen MR) is 54.4 cm³/mol. The maximum atomic E-state index is 11.5. The van der Waals surface area contributed by atoms with Crippen LogP contribution >= 0.6 is 0 Å². The quantitative estimate of drug-likeness (QED) is 0.380. The standard InChI is InChI=1S/C11H18O4/c1-3-6-14-7-4-11(9(2)12)5-8-15-10(11)13/h3-8H2,1-2H3. The van der Waals surface area contributed by atoms with Crippen LogP contribution in [0.5, 0.6) is 0 Å². The molecule has 0 aromatic rings. The SMILES string of the molecule is CCCOCCC1(C(C)=O)CCOC1=O. The first-order chi connectivity index (χ1) is 7.13. The maximum Gasteiger partial charge on any atom is 0.319 e. The van der Waals surface area contributed by atoms with Crippen molar-refractivity contribution in [3.8, 4) is 0 Å². The molecule has 1 atom stereocenters. The van der Waals surface area contributed by atoms with Crippen molar-refractivity contribution in [1.82, 2.24) is 0 Å². The van der Waals surface area contributed by atoms with Gasteiger partial charge in [-0.3, -0.25) is 9.59 Å². The van der Waals surface area contributed by atoms with Crippen molar-refractivity contribution in [2.24, 2.45) is 5.41 Å². The molecule has 1 aliphatic rings. The summed E-state index contributed by atoms with van der Waals surface area (Å²) in [5, 5.41) is 0. The Labute approximate surface area is 89.9 Å². The molecule has 1 heterocycles. The van der Waals surface area contributed by atoms with Crippen LogP contribution in [-0.4, -0.2) is 31.6 Å². The number of cyclic esters (lactones) is 1. The van der Waals surface area contributed by atoms with Gasteiger partial charge in [0.15, 0.2) is 0 Å². The first-order valence-corrected chi connectivity index (χ1v) is 5.39. The van der Waals surface area contributed by atoms with Crippen molar-refractivity contribution in [3.05, 3.63) is 0 Å². The van der Waals surface area contributed by atoms with Gasteiger partial charge in [0.25, 0.3) is 0 Å². The van der Waals surface area contributed by atoms with Crippen LogP contribution in [0.1, 0.15) is 33.1 Å². The second-order valence-electron chi connectivity index (χ2n) is 3.89. The summed E-state index contributed by atoms with van der Waals surface area (Å²) in [6.07, 6.45) is 1.88. The molecule has 15 heavy (non-hydrogen) atoms. The van der Waals surface area contributed by atoms with Crippen molar-refractivity contribution in [2.45, 2.75) is 33.1 Å². The van der Waals surface area contributed by atoms with Gasteiger partial charge < -0.3 is 9.47 Å². The van der Waals surface area contributed by atoms with Crippen LogP contribution in [0, 0.1) is 5.41 Å². The second kappa shape index (κ2) is 5.26. The van der Waals surface area contributed by atoms with Crippen molar-refractivity contribution in [1.29, 1.82) is 0 Å². The molecule has 1 aliphatic heterocycles. The first kappa shape index (κ1) is 12.2. The number of ether oxygens (including phenoxy) is 2. The Morgan fingerprint density at radius 1 is 1.53 bits per heavy atom. The van der Waals surface area contributed by atoms with Gasteiger partial charge in [0, 0.05) is 19.6 Å². The minimum absolute atomic E-state index is 0.106. The number of esters is 1. The monoisotopic (exact) mass is 214 g/mol. The average molecular weight is 214 g/mol. The fraction of sp³-hybridized carbons (Fsp3) is 0.818. The molecule has 0 bridgehead atoms. The number of rotatable bonds is 6. The van der Waals surface area contributed by atoms with Gasteiger partial charge in [-0.1, -0.05) is 6.92 Å². The van der Waals surface area contributed by atoms with E-state index in [2.05, 4.69) is 0 Å². The van der Waals surface area contributed by atoms with Gasteiger partial charge >= 0.3 is 5.97 Å². The summed E-state index contributed by atoms with van der Waals surface area (Å²) < 4.78 is 10.2. The predicted octanol–water partition coefficient (Wildman–Crippen LogP) is 1.33. The molecule has 4 heteroatoms. The van der Waals surface area contributed by atoms with Gasteiger partial charge in [0.1, 0.15) is 11.2 Å². The molecule has 1 saturated heterocycles. The molecule has 0 aliphatic carbocycles. The summed E-state index contributed by atoms with van der Waals surface area (Å²) in [6, 6.07) is 0. The van der Waals surface area contributed by atoms with E-state index in [1.54, 1.807) is 0 Å². The number of hydrogen-bond acceptors (Lipinski definition) is 4. The Bertz CT molecular complexity index is 249. The highest BCUT2D eigenvalue weighted by Crippen LogP contribution is 2.34. The Morgan fingerprint density at radius 3 is 2.73 bits per heavy atom. The smallest absolute Gasteiger partial charge is 0.319 e. The van der Waals surface area contributed by atoms with Gasteiger partial charge in [-0.25, -0.2) is 0 Å². The molecule has 0 aromatic heterocycles. The zero-order chi connectivity index (χ0) is 11.3. The largest absolute Gasteiger partial charge is 0.465 e. The number of carbonyl (C=O) groups is 2. The van der Waals surface area contributed by atoms with E-state index in [1.165, 1.54) is 6.92 Å². The minimum atomic E-state index is -0.923. The van der Waals surface area contributed by atoms with E-state index in [-0.39, 0.29) is 11.8 Å². The lowest BCUT2D eigenvalue weighted by Crippen LogP contribution is -2.35. The van der Waals surface area contributed by atoms with Crippen LogP contribution in [0.25, 0.3) is 0 Å². The van der Waals surface area contributed by atoms with E-state index in [9.17, 15) is 9.59 Å². The van der Waals surface area contributed by atoms with Crippen LogP contribution < -0.4 is 0 Å². The van der Waals surface area contributed by atoms with Crippen molar-refractivity contribution in [3.63, 3.8) is 0 Å². The third kappa shape index (κ3) is 2.56. The first-order valence-electron chi connectivity index (χ1n) is 5.39. The van der Waals surface area contributed by atoms with E-state index in [4.69, 9.17) is 9.47 Å². The third-order valence-electron chi connectivity index (χ3n) is 2.85. The normalized spacial score (nSPS) is 25.3. The molecule has 0 radical (unpaired) electrons. The number of carbonyl (C=O) groups excluding carboxylic acids is 2. The molecule has 0 N–H and O–H groups in total. The summed E-state index contributed by atoms with van der Waals surface area (Å²) >= 11 is 0. The molecule has 1 unspecified atom stereocenters. The summed E-state index contributed by atoms with van der Waals surface area (Å²) in [7, 11) is 0. The molecular weight excluding hydrogens is 196 g/mol. The van der Waals surface area contributed by atoms with E-state index < -0.39 is 5.41 Å². The third-order valence-corrected chi connectivity index (χ3v) is 2.85. The fourth-order valence-corrected chi connectivity index (χ4v) is 1.77. The molecule has 0 spiro atoms. The van der Waals surface area contributed by atoms with E-state index in [0.29, 0.717) is 32.7 Å². The summed E-state index contributed by atoms with van der Waals surface area (Å²) in [5.74, 6) is -0.486. The molecule has 1 fully saturated rings. The van der Waals surface area contributed by atoms with Gasteiger partial charge in [0.05, 0.1) is 6.61 Å². The molecule has 0 saturated carbocycles. The molecule has 1 rings (SSSR count). The zero-order valence-corrected chi connectivity index (χ0v) is 9.38. The molecule has 0 amide bonds. The van der Waals surface area contributed by atoms with Crippen molar-refractivity contribution >= 4 is 11.8 Å². The average Bonchev–Trinajstić information content (AvgIpc) is 2.56. The molecule has 0 aromatic carbocycles. The van der Waals surface area contributed by atoms with E-state index in [1.807, 2.05) is 6.92 Å². The summed E-state index contributed by atoms with van der Waals surface area (Å²) in [6.45, 7) is 4.94. The number of hydrogen-bond donors (Lipinski definition) is 0. The van der Waals surface area contributed by atoms with Crippen molar-refractivity contribution < 1.29 is 19.1 Å². The Hall–Kier alpha value is -0.900. The second-order valence-corrected chi connectivity index (χ2v) is 3.89. The number of Topliss-reactive ketones (excluding diaryl/α,β-unsaturated/α-hetero) is 1. The summed E-state index contributed by atoms with van der Waals surface area (Å²) in [5.41, 5.74) is -0.923. The van der Waals surface area contributed by atoms with Gasteiger partial charge in [-0.2, -0.15) is 0 Å². The Kier molecular flexibility index (Phi) is 4.27. The van der Waals surface area contributed by atoms with Crippen LogP contribution in [0.15, 0.2) is 0 Å². The topological polar surface area (TPSA) is 52.6 Å². The van der Waals surface area contributed by atoms with E-state index in [0.717, 1.165) is 6.42 Å². The van der Waals surface area contributed by atoms with Crippen LogP contribution in [0.2, 0.25) is 0 Å². The Balaban J connectivity index is 2.51. The van der Waals surface area contributed by atoms with Crippen LogP contribution in [0.3, 0.4) is 0 Å². The van der Waals surface area contributed by atoms with Crippen LogP contribution in [0.4, 0.5) is 0 Å². The van der Waals surface area contributed by atoms with Gasteiger partial charge in [0.2, 0.25) is 0 Å². The summed E-state index contributed by atoms with van der Waals surface area (Å²) in [4.78, 5) is 23.0. The van der Waals surface area contributed by atoms with Gasteiger partial charge in [-0.05, 0) is 19.8 Å². The molecular formula is C11H18O4. The highest BCUT2D eigenvalue weighted by Gasteiger charge is 2.48.